The average Bonchev–Trinajstić information content (AvgIpc) is 2.64. The summed E-state index contributed by atoms with van der Waals surface area (Å²) in [6.45, 7) is 5.17. The Morgan fingerprint density at radius 2 is 1.73 bits per heavy atom. The van der Waals surface area contributed by atoms with E-state index < -0.39 is 0 Å². The van der Waals surface area contributed by atoms with Crippen LogP contribution in [0, 0.1) is 0 Å². The second-order valence-corrected chi connectivity index (χ2v) is 6.77. The van der Waals surface area contributed by atoms with Crippen LogP contribution in [0.25, 0.3) is 0 Å². The molecule has 2 N–H and O–H groups in total. The highest BCUT2D eigenvalue weighted by Gasteiger charge is 2.27. The van der Waals surface area contributed by atoms with Crippen LogP contribution in [0.4, 0.5) is 11.4 Å². The number of carbonyl (C=O) groups excluding carboxylic acids is 2. The molecule has 8 heteroatoms. The van der Waals surface area contributed by atoms with Crippen molar-refractivity contribution in [2.75, 3.05) is 49.6 Å². The van der Waals surface area contributed by atoms with Crippen LogP contribution < -0.4 is 15.5 Å². The number of thiocarbonyl (C=S) groups is 1. The van der Waals surface area contributed by atoms with Crippen molar-refractivity contribution in [3.63, 3.8) is 0 Å². The highest BCUT2D eigenvalue weighted by Crippen LogP contribution is 2.23. The number of morpholine rings is 1. The molecule has 2 heterocycles. The van der Waals surface area contributed by atoms with Gasteiger partial charge in [-0.2, -0.15) is 0 Å². The smallest absolute Gasteiger partial charge is 0.233 e. The summed E-state index contributed by atoms with van der Waals surface area (Å²) in [6, 6.07) is 7.17. The van der Waals surface area contributed by atoms with Crippen LogP contribution in [0.3, 0.4) is 0 Å². The Bertz CT molecular complexity index is 643. The number of rotatable bonds is 5. The Morgan fingerprint density at radius 3 is 2.38 bits per heavy atom. The molecule has 2 saturated heterocycles. The van der Waals surface area contributed by atoms with Crippen molar-refractivity contribution in [1.82, 2.24) is 10.2 Å². The Balaban J connectivity index is 1.46. The third-order valence-corrected chi connectivity index (χ3v) is 4.73. The number of nitrogens with zero attached hydrogens (tertiary/aromatic N) is 2. The second kappa shape index (κ2) is 9.07. The normalized spacial score (nSPS) is 18.7. The number of carbonyl (C=O) groups is 2. The highest BCUT2D eigenvalue weighted by atomic mass is 32.1. The van der Waals surface area contributed by atoms with Crippen molar-refractivity contribution in [1.29, 1.82) is 0 Å². The fourth-order valence-electron chi connectivity index (χ4n) is 3.06. The Hall–Kier alpha value is -2.03. The molecule has 2 aliphatic heterocycles. The van der Waals surface area contributed by atoms with Gasteiger partial charge in [0.05, 0.1) is 18.9 Å². The number of benzene rings is 1. The molecule has 26 heavy (non-hydrogen) atoms. The van der Waals surface area contributed by atoms with Crippen molar-refractivity contribution >= 4 is 40.5 Å². The third-order valence-electron chi connectivity index (χ3n) is 4.48. The van der Waals surface area contributed by atoms with Crippen LogP contribution in [-0.4, -0.2) is 61.2 Å². The summed E-state index contributed by atoms with van der Waals surface area (Å²) in [5.74, 6) is -0.274. The molecular weight excluding hydrogens is 352 g/mol. The Morgan fingerprint density at radius 1 is 1.08 bits per heavy atom. The van der Waals surface area contributed by atoms with Gasteiger partial charge in [-0.3, -0.25) is 19.4 Å². The molecule has 7 nitrogen and oxygen atoms in total. The van der Waals surface area contributed by atoms with Crippen molar-refractivity contribution in [2.24, 2.45) is 0 Å². The maximum atomic E-state index is 12.0. The van der Waals surface area contributed by atoms with Gasteiger partial charge >= 0.3 is 0 Å². The molecule has 3 rings (SSSR count). The lowest BCUT2D eigenvalue weighted by atomic mass is 10.1. The minimum Gasteiger partial charge on any atom is -0.379 e. The average molecular weight is 376 g/mol. The van der Waals surface area contributed by atoms with Crippen molar-refractivity contribution < 1.29 is 14.3 Å². The van der Waals surface area contributed by atoms with E-state index in [2.05, 4.69) is 15.5 Å². The zero-order chi connectivity index (χ0) is 18.4. The van der Waals surface area contributed by atoms with E-state index in [0.29, 0.717) is 30.1 Å². The summed E-state index contributed by atoms with van der Waals surface area (Å²) in [6.07, 6.45) is 1.48. The van der Waals surface area contributed by atoms with Crippen LogP contribution >= 0.6 is 12.2 Å². The SMILES string of the molecule is O=C1CCCC(=O)N1c1ccc(NC(=S)NCCN2CCOCC2)cc1. The molecule has 1 aromatic rings. The van der Waals surface area contributed by atoms with E-state index in [1.807, 2.05) is 12.1 Å². The standard InChI is InChI=1S/C18H24N4O3S/c23-16-2-1-3-17(24)22(16)15-6-4-14(5-7-15)20-18(26)19-8-9-21-10-12-25-13-11-21/h4-7H,1-3,8-13H2,(H2,19,20,26). The predicted octanol–water partition coefficient (Wildman–Crippen LogP) is 1.35. The molecule has 0 atom stereocenters. The van der Waals surface area contributed by atoms with E-state index >= 15 is 0 Å². The van der Waals surface area contributed by atoms with Crippen LogP contribution in [0.2, 0.25) is 0 Å². The van der Waals surface area contributed by atoms with Gasteiger partial charge in [0.15, 0.2) is 5.11 Å². The Kier molecular flexibility index (Phi) is 6.54. The van der Waals surface area contributed by atoms with Crippen LogP contribution in [-0.2, 0) is 14.3 Å². The van der Waals surface area contributed by atoms with E-state index in [-0.39, 0.29) is 11.8 Å². The molecule has 0 bridgehead atoms. The number of amides is 2. The molecule has 0 aliphatic carbocycles. The maximum Gasteiger partial charge on any atom is 0.233 e. The fourth-order valence-corrected chi connectivity index (χ4v) is 3.28. The number of hydrogen-bond donors (Lipinski definition) is 2. The number of nitrogens with one attached hydrogen (secondary N) is 2. The molecule has 1 aromatic carbocycles. The van der Waals surface area contributed by atoms with Gasteiger partial charge in [-0.15, -0.1) is 0 Å². The third kappa shape index (κ3) is 5.00. The maximum absolute atomic E-state index is 12.0. The molecule has 0 unspecified atom stereocenters. The van der Waals surface area contributed by atoms with Crippen molar-refractivity contribution in [3.05, 3.63) is 24.3 Å². The minimum atomic E-state index is -0.137. The highest BCUT2D eigenvalue weighted by molar-refractivity contribution is 7.80. The Labute approximate surface area is 158 Å². The lowest BCUT2D eigenvalue weighted by Crippen LogP contribution is -2.42. The summed E-state index contributed by atoms with van der Waals surface area (Å²) < 4.78 is 5.33. The van der Waals surface area contributed by atoms with Gasteiger partial charge in [-0.05, 0) is 42.9 Å². The first-order valence-electron chi connectivity index (χ1n) is 8.94. The van der Waals surface area contributed by atoms with E-state index in [1.54, 1.807) is 12.1 Å². The van der Waals surface area contributed by atoms with Gasteiger partial charge in [0.1, 0.15) is 0 Å². The molecule has 140 valence electrons. The second-order valence-electron chi connectivity index (χ2n) is 6.36. The van der Waals surface area contributed by atoms with Gasteiger partial charge in [-0.25, -0.2) is 0 Å². The molecule has 0 spiro atoms. The first kappa shape index (κ1) is 18.8. The summed E-state index contributed by atoms with van der Waals surface area (Å²) >= 11 is 5.31. The van der Waals surface area contributed by atoms with E-state index in [4.69, 9.17) is 17.0 Å². The van der Waals surface area contributed by atoms with Crippen LogP contribution in [0.5, 0.6) is 0 Å². The first-order chi connectivity index (χ1) is 12.6. The largest absolute Gasteiger partial charge is 0.379 e. The quantitative estimate of drug-likeness (QED) is 0.594. The molecule has 0 aromatic heterocycles. The molecule has 2 aliphatic rings. The summed E-state index contributed by atoms with van der Waals surface area (Å²) in [5, 5.41) is 6.86. The fraction of sp³-hybridized carbons (Fsp3) is 0.500. The van der Waals surface area contributed by atoms with Gasteiger partial charge in [-0.1, -0.05) is 0 Å². The molecule has 2 fully saturated rings. The van der Waals surface area contributed by atoms with Crippen molar-refractivity contribution in [2.45, 2.75) is 19.3 Å². The van der Waals surface area contributed by atoms with Gasteiger partial charge in [0.2, 0.25) is 11.8 Å². The minimum absolute atomic E-state index is 0.137. The van der Waals surface area contributed by atoms with E-state index in [9.17, 15) is 9.59 Å². The van der Waals surface area contributed by atoms with Crippen molar-refractivity contribution in [3.8, 4) is 0 Å². The predicted molar refractivity (Wildman–Crippen MR) is 104 cm³/mol. The molecule has 0 radical (unpaired) electrons. The summed E-state index contributed by atoms with van der Waals surface area (Å²) in [5.41, 5.74) is 1.42. The first-order valence-corrected chi connectivity index (χ1v) is 9.35. The molecular formula is C18H24N4O3S. The zero-order valence-corrected chi connectivity index (χ0v) is 15.5. The van der Waals surface area contributed by atoms with Gasteiger partial charge in [0, 0.05) is 44.7 Å². The van der Waals surface area contributed by atoms with Gasteiger partial charge in [0.25, 0.3) is 0 Å². The summed E-state index contributed by atoms with van der Waals surface area (Å²) in [4.78, 5) is 27.5. The van der Waals surface area contributed by atoms with E-state index in [0.717, 1.165) is 45.1 Å². The van der Waals surface area contributed by atoms with Crippen LogP contribution in [0.1, 0.15) is 19.3 Å². The molecule has 2 amide bonds. The number of anilines is 2. The van der Waals surface area contributed by atoms with Gasteiger partial charge < -0.3 is 15.4 Å². The number of piperidine rings is 1. The van der Waals surface area contributed by atoms with Crippen LogP contribution in [0.15, 0.2) is 24.3 Å². The number of imide groups is 1. The lowest BCUT2D eigenvalue weighted by Gasteiger charge is -2.26. The zero-order valence-electron chi connectivity index (χ0n) is 14.7. The van der Waals surface area contributed by atoms with E-state index in [1.165, 1.54) is 4.90 Å². The number of ether oxygens (including phenoxy) is 1. The molecule has 0 saturated carbocycles. The monoisotopic (exact) mass is 376 g/mol. The lowest BCUT2D eigenvalue weighted by molar-refractivity contribution is -0.129. The summed E-state index contributed by atoms with van der Waals surface area (Å²) in [7, 11) is 0. The topological polar surface area (TPSA) is 73.9 Å². The number of hydrogen-bond acceptors (Lipinski definition) is 5.